The molecule has 116 valence electrons. The van der Waals surface area contributed by atoms with Crippen LogP contribution in [0.1, 0.15) is 30.9 Å². The molecule has 0 aliphatic rings. The highest BCUT2D eigenvalue weighted by molar-refractivity contribution is 5.91. The van der Waals surface area contributed by atoms with Crippen LogP contribution in [0.4, 0.5) is 10.1 Å². The van der Waals surface area contributed by atoms with E-state index < -0.39 is 11.7 Å². The standard InChI is InChI=1S/C18H20FNO2/c1-12(2)15-9-8-14(10-13(15)3)22-11-18(21)20-17-7-5-4-6-16(17)19/h4-10,12H,11H2,1-3H3,(H,20,21). The molecule has 4 heteroatoms. The van der Waals surface area contributed by atoms with E-state index in [0.29, 0.717) is 11.7 Å². The molecule has 0 aliphatic heterocycles. The molecule has 0 atom stereocenters. The van der Waals surface area contributed by atoms with Crippen LogP contribution in [0, 0.1) is 12.7 Å². The first-order valence-corrected chi connectivity index (χ1v) is 7.25. The van der Waals surface area contributed by atoms with E-state index in [1.54, 1.807) is 12.1 Å². The summed E-state index contributed by atoms with van der Waals surface area (Å²) < 4.78 is 18.9. The van der Waals surface area contributed by atoms with Crippen LogP contribution in [0.2, 0.25) is 0 Å². The highest BCUT2D eigenvalue weighted by atomic mass is 19.1. The number of rotatable bonds is 5. The van der Waals surface area contributed by atoms with Crippen molar-refractivity contribution in [2.24, 2.45) is 0 Å². The van der Waals surface area contributed by atoms with Crippen molar-refractivity contribution in [3.63, 3.8) is 0 Å². The van der Waals surface area contributed by atoms with Crippen LogP contribution in [0.3, 0.4) is 0 Å². The maximum absolute atomic E-state index is 13.4. The van der Waals surface area contributed by atoms with Crippen molar-refractivity contribution in [2.75, 3.05) is 11.9 Å². The highest BCUT2D eigenvalue weighted by Crippen LogP contribution is 2.23. The van der Waals surface area contributed by atoms with Crippen molar-refractivity contribution in [3.05, 3.63) is 59.4 Å². The number of carbonyl (C=O) groups excluding carboxylic acids is 1. The smallest absolute Gasteiger partial charge is 0.262 e. The molecule has 0 aliphatic carbocycles. The molecule has 0 radical (unpaired) electrons. The van der Waals surface area contributed by atoms with E-state index in [1.807, 2.05) is 25.1 Å². The van der Waals surface area contributed by atoms with Crippen molar-refractivity contribution in [2.45, 2.75) is 26.7 Å². The maximum Gasteiger partial charge on any atom is 0.262 e. The fourth-order valence-electron chi connectivity index (χ4n) is 2.28. The molecule has 2 aromatic carbocycles. The Morgan fingerprint density at radius 1 is 1.23 bits per heavy atom. The molecular formula is C18H20FNO2. The van der Waals surface area contributed by atoms with E-state index in [-0.39, 0.29) is 12.3 Å². The van der Waals surface area contributed by atoms with E-state index in [4.69, 9.17) is 4.74 Å². The summed E-state index contributed by atoms with van der Waals surface area (Å²) in [5.74, 6) is 0.215. The Hall–Kier alpha value is -2.36. The molecule has 0 spiro atoms. The second-order valence-electron chi connectivity index (χ2n) is 5.49. The zero-order valence-electron chi connectivity index (χ0n) is 13.0. The van der Waals surface area contributed by atoms with Crippen molar-refractivity contribution < 1.29 is 13.9 Å². The lowest BCUT2D eigenvalue weighted by molar-refractivity contribution is -0.118. The third-order valence-corrected chi connectivity index (χ3v) is 3.38. The van der Waals surface area contributed by atoms with Crippen molar-refractivity contribution in [3.8, 4) is 5.75 Å². The fraction of sp³-hybridized carbons (Fsp3) is 0.278. The summed E-state index contributed by atoms with van der Waals surface area (Å²) >= 11 is 0. The summed E-state index contributed by atoms with van der Waals surface area (Å²) in [6.07, 6.45) is 0. The average molecular weight is 301 g/mol. The molecule has 0 unspecified atom stereocenters. The van der Waals surface area contributed by atoms with Crippen molar-refractivity contribution in [1.82, 2.24) is 0 Å². The van der Waals surface area contributed by atoms with E-state index in [2.05, 4.69) is 19.2 Å². The molecule has 0 aromatic heterocycles. The molecule has 2 aromatic rings. The van der Waals surface area contributed by atoms with Crippen LogP contribution < -0.4 is 10.1 Å². The Kier molecular flexibility index (Phi) is 5.15. The Bertz CT molecular complexity index is 668. The second-order valence-corrected chi connectivity index (χ2v) is 5.49. The predicted molar refractivity (Wildman–Crippen MR) is 85.8 cm³/mol. The Morgan fingerprint density at radius 3 is 2.59 bits per heavy atom. The molecule has 0 saturated heterocycles. The van der Waals surface area contributed by atoms with Gasteiger partial charge >= 0.3 is 0 Å². The van der Waals surface area contributed by atoms with Crippen LogP contribution >= 0.6 is 0 Å². The van der Waals surface area contributed by atoms with Gasteiger partial charge in [0.25, 0.3) is 5.91 Å². The first-order valence-electron chi connectivity index (χ1n) is 7.25. The molecule has 1 amide bonds. The largest absolute Gasteiger partial charge is 0.484 e. The lowest BCUT2D eigenvalue weighted by Crippen LogP contribution is -2.20. The van der Waals surface area contributed by atoms with Gasteiger partial charge in [-0.2, -0.15) is 0 Å². The molecule has 0 heterocycles. The summed E-state index contributed by atoms with van der Waals surface area (Å²) in [4.78, 5) is 11.8. The molecule has 0 fully saturated rings. The fourth-order valence-corrected chi connectivity index (χ4v) is 2.28. The van der Waals surface area contributed by atoms with Crippen molar-refractivity contribution >= 4 is 11.6 Å². The first kappa shape index (κ1) is 16.0. The number of hydrogen-bond acceptors (Lipinski definition) is 2. The number of hydrogen-bond donors (Lipinski definition) is 1. The van der Waals surface area contributed by atoms with Gasteiger partial charge in [0.15, 0.2) is 6.61 Å². The predicted octanol–water partition coefficient (Wildman–Crippen LogP) is 4.28. The van der Waals surface area contributed by atoms with Crippen LogP contribution in [-0.2, 0) is 4.79 Å². The van der Waals surface area contributed by atoms with E-state index >= 15 is 0 Å². The monoisotopic (exact) mass is 301 g/mol. The minimum absolute atomic E-state index is 0.155. The van der Waals surface area contributed by atoms with Crippen LogP contribution in [-0.4, -0.2) is 12.5 Å². The third-order valence-electron chi connectivity index (χ3n) is 3.38. The van der Waals surface area contributed by atoms with Gasteiger partial charge in [0.2, 0.25) is 0 Å². The van der Waals surface area contributed by atoms with Gasteiger partial charge in [-0.1, -0.05) is 32.0 Å². The molecule has 2 rings (SSSR count). The van der Waals surface area contributed by atoms with Gasteiger partial charge in [-0.25, -0.2) is 4.39 Å². The van der Waals surface area contributed by atoms with Crippen LogP contribution in [0.15, 0.2) is 42.5 Å². The normalized spacial score (nSPS) is 10.6. The number of ether oxygens (including phenoxy) is 1. The Labute approximate surface area is 130 Å². The molecule has 1 N–H and O–H groups in total. The number of aryl methyl sites for hydroxylation is 1. The number of para-hydroxylation sites is 1. The zero-order chi connectivity index (χ0) is 16.1. The van der Waals surface area contributed by atoms with Crippen LogP contribution in [0.5, 0.6) is 5.75 Å². The van der Waals surface area contributed by atoms with Crippen LogP contribution in [0.25, 0.3) is 0 Å². The molecule has 0 bridgehead atoms. The van der Waals surface area contributed by atoms with Crippen molar-refractivity contribution in [1.29, 1.82) is 0 Å². The topological polar surface area (TPSA) is 38.3 Å². The minimum Gasteiger partial charge on any atom is -0.484 e. The number of benzene rings is 2. The van der Waals surface area contributed by atoms with Gasteiger partial charge in [0.05, 0.1) is 5.69 Å². The first-order chi connectivity index (χ1) is 10.5. The quantitative estimate of drug-likeness (QED) is 0.895. The summed E-state index contributed by atoms with van der Waals surface area (Å²) in [5.41, 5.74) is 2.53. The summed E-state index contributed by atoms with van der Waals surface area (Å²) in [6, 6.07) is 11.8. The van der Waals surface area contributed by atoms with Gasteiger partial charge in [0.1, 0.15) is 11.6 Å². The average Bonchev–Trinajstić information content (AvgIpc) is 2.47. The lowest BCUT2D eigenvalue weighted by Gasteiger charge is -2.12. The van der Waals surface area contributed by atoms with Gasteiger partial charge in [0, 0.05) is 0 Å². The van der Waals surface area contributed by atoms with Gasteiger partial charge in [-0.15, -0.1) is 0 Å². The number of nitrogens with one attached hydrogen (secondary N) is 1. The second kappa shape index (κ2) is 7.07. The summed E-state index contributed by atoms with van der Waals surface area (Å²) in [7, 11) is 0. The van der Waals surface area contributed by atoms with Gasteiger partial charge in [-0.3, -0.25) is 4.79 Å². The lowest BCUT2D eigenvalue weighted by atomic mass is 9.98. The molecular weight excluding hydrogens is 281 g/mol. The SMILES string of the molecule is Cc1cc(OCC(=O)Nc2ccccc2F)ccc1C(C)C. The number of anilines is 1. The van der Waals surface area contributed by atoms with Gasteiger partial charge in [-0.05, 0) is 48.2 Å². The Balaban J connectivity index is 1.94. The van der Waals surface area contributed by atoms with E-state index in [9.17, 15) is 9.18 Å². The number of amides is 1. The Morgan fingerprint density at radius 2 is 1.95 bits per heavy atom. The number of halogens is 1. The molecule has 3 nitrogen and oxygen atoms in total. The number of carbonyl (C=O) groups is 1. The summed E-state index contributed by atoms with van der Waals surface area (Å²) in [5, 5.41) is 2.49. The maximum atomic E-state index is 13.4. The van der Waals surface area contributed by atoms with E-state index in [1.165, 1.54) is 17.7 Å². The molecule has 0 saturated carbocycles. The molecule has 22 heavy (non-hydrogen) atoms. The third kappa shape index (κ3) is 4.07. The van der Waals surface area contributed by atoms with Gasteiger partial charge < -0.3 is 10.1 Å². The highest BCUT2D eigenvalue weighted by Gasteiger charge is 2.08. The minimum atomic E-state index is -0.465. The summed E-state index contributed by atoms with van der Waals surface area (Å²) in [6.45, 7) is 6.12. The van der Waals surface area contributed by atoms with E-state index in [0.717, 1.165) is 5.56 Å². The zero-order valence-corrected chi connectivity index (χ0v) is 13.0.